The van der Waals surface area contributed by atoms with Crippen LogP contribution in [0.15, 0.2) is 24.3 Å². The zero-order valence-corrected chi connectivity index (χ0v) is 14.1. The first-order valence-corrected chi connectivity index (χ1v) is 8.21. The lowest BCUT2D eigenvalue weighted by molar-refractivity contribution is 0.0952. The van der Waals surface area contributed by atoms with Gasteiger partial charge in [-0.15, -0.1) is 11.3 Å². The molecule has 0 radical (unpaired) electrons. The summed E-state index contributed by atoms with van der Waals surface area (Å²) in [6.07, 6.45) is 0. The molecule has 0 fully saturated rings. The molecule has 0 bridgehead atoms. The summed E-state index contributed by atoms with van der Waals surface area (Å²) in [7, 11) is 0. The second kappa shape index (κ2) is 5.61. The molecule has 3 nitrogen and oxygen atoms in total. The van der Waals surface area contributed by atoms with Crippen molar-refractivity contribution in [2.45, 2.75) is 34.2 Å². The van der Waals surface area contributed by atoms with Crippen LogP contribution in [0.5, 0.6) is 0 Å². The Kier molecular flexibility index (Phi) is 3.79. The number of amides is 1. The summed E-state index contributed by atoms with van der Waals surface area (Å²) < 4.78 is 1.19. The van der Waals surface area contributed by atoms with Crippen molar-refractivity contribution < 1.29 is 4.79 Å². The van der Waals surface area contributed by atoms with E-state index in [-0.39, 0.29) is 5.91 Å². The number of aromatic amines is 1. The third kappa shape index (κ3) is 2.44. The van der Waals surface area contributed by atoms with Crippen molar-refractivity contribution >= 4 is 27.5 Å². The highest BCUT2D eigenvalue weighted by Crippen LogP contribution is 2.34. The number of aryl methyl sites for hydroxylation is 4. The molecule has 2 heterocycles. The predicted octanol–water partition coefficient (Wildman–Crippen LogP) is 4.39. The molecular formula is C18H20N2OS. The largest absolute Gasteiger partial charge is 0.357 e. The molecule has 114 valence electrons. The van der Waals surface area contributed by atoms with E-state index < -0.39 is 0 Å². The van der Waals surface area contributed by atoms with E-state index in [1.807, 2.05) is 26.0 Å². The third-order valence-electron chi connectivity index (χ3n) is 4.23. The molecule has 0 aliphatic carbocycles. The number of carbonyl (C=O) groups excluding carboxylic acids is 1. The highest BCUT2D eigenvalue weighted by molar-refractivity contribution is 7.19. The van der Waals surface area contributed by atoms with Gasteiger partial charge in [0.2, 0.25) is 0 Å². The molecule has 0 aliphatic rings. The minimum atomic E-state index is -0.00625. The minimum Gasteiger partial charge on any atom is -0.357 e. The molecule has 0 saturated heterocycles. The summed E-state index contributed by atoms with van der Waals surface area (Å²) in [5.74, 6) is -0.00625. The van der Waals surface area contributed by atoms with Crippen LogP contribution in [0.4, 0.5) is 0 Å². The van der Waals surface area contributed by atoms with E-state index in [0.717, 1.165) is 27.2 Å². The molecule has 1 aromatic carbocycles. The minimum absolute atomic E-state index is 0.00625. The van der Waals surface area contributed by atoms with Gasteiger partial charge in [0.15, 0.2) is 0 Å². The quantitative estimate of drug-likeness (QED) is 0.740. The number of thiophene rings is 1. The van der Waals surface area contributed by atoms with Crippen LogP contribution >= 0.6 is 11.3 Å². The lowest BCUT2D eigenvalue weighted by Crippen LogP contribution is -2.23. The van der Waals surface area contributed by atoms with Crippen LogP contribution in [0.2, 0.25) is 0 Å². The van der Waals surface area contributed by atoms with Crippen LogP contribution in [-0.4, -0.2) is 10.9 Å². The topological polar surface area (TPSA) is 44.9 Å². The molecule has 3 rings (SSSR count). The van der Waals surface area contributed by atoms with E-state index in [9.17, 15) is 4.79 Å². The molecule has 1 amide bonds. The van der Waals surface area contributed by atoms with E-state index in [1.54, 1.807) is 11.3 Å². The maximum atomic E-state index is 12.6. The number of nitrogens with one attached hydrogen (secondary N) is 2. The number of fused-ring (bicyclic) bond motifs is 1. The van der Waals surface area contributed by atoms with Gasteiger partial charge in [-0.2, -0.15) is 0 Å². The summed E-state index contributed by atoms with van der Waals surface area (Å²) in [5.41, 5.74) is 6.47. The van der Waals surface area contributed by atoms with Gasteiger partial charge in [0.25, 0.3) is 5.91 Å². The Morgan fingerprint density at radius 2 is 1.91 bits per heavy atom. The van der Waals surface area contributed by atoms with Crippen LogP contribution in [0.3, 0.4) is 0 Å². The first-order chi connectivity index (χ1) is 10.5. The van der Waals surface area contributed by atoms with Gasteiger partial charge < -0.3 is 10.3 Å². The highest BCUT2D eigenvalue weighted by atomic mass is 32.1. The molecule has 2 N–H and O–H groups in total. The SMILES string of the molecule is Cc1ccccc1CNC(=O)c1c(C)sc2c(C)c(C)[nH]c12. The molecule has 0 spiro atoms. The number of carbonyl (C=O) groups is 1. The lowest BCUT2D eigenvalue weighted by Gasteiger charge is -2.08. The van der Waals surface area contributed by atoms with Gasteiger partial charge in [0, 0.05) is 17.1 Å². The number of hydrogen-bond donors (Lipinski definition) is 2. The second-order valence-electron chi connectivity index (χ2n) is 5.72. The van der Waals surface area contributed by atoms with E-state index in [1.165, 1.54) is 15.8 Å². The molecule has 22 heavy (non-hydrogen) atoms. The van der Waals surface area contributed by atoms with Crippen molar-refractivity contribution in [3.63, 3.8) is 0 Å². The summed E-state index contributed by atoms with van der Waals surface area (Å²) in [5, 5.41) is 3.05. The fraction of sp³-hybridized carbons (Fsp3) is 0.278. The van der Waals surface area contributed by atoms with Crippen molar-refractivity contribution in [3.05, 3.63) is 57.1 Å². The van der Waals surface area contributed by atoms with E-state index in [2.05, 4.69) is 36.3 Å². The lowest BCUT2D eigenvalue weighted by atomic mass is 10.1. The Bertz CT molecular complexity index is 857. The van der Waals surface area contributed by atoms with Crippen LogP contribution < -0.4 is 5.32 Å². The van der Waals surface area contributed by atoms with Crippen molar-refractivity contribution in [3.8, 4) is 0 Å². The number of aromatic nitrogens is 1. The van der Waals surface area contributed by atoms with Crippen molar-refractivity contribution in [2.75, 3.05) is 0 Å². The predicted molar refractivity (Wildman–Crippen MR) is 92.7 cm³/mol. The van der Waals surface area contributed by atoms with Gasteiger partial charge in [-0.1, -0.05) is 24.3 Å². The summed E-state index contributed by atoms with van der Waals surface area (Å²) in [6, 6.07) is 8.12. The van der Waals surface area contributed by atoms with E-state index >= 15 is 0 Å². The first kappa shape index (κ1) is 14.9. The monoisotopic (exact) mass is 312 g/mol. The van der Waals surface area contributed by atoms with Crippen LogP contribution in [-0.2, 0) is 6.54 Å². The molecule has 3 aromatic rings. The van der Waals surface area contributed by atoms with Crippen LogP contribution in [0.1, 0.15) is 37.6 Å². The van der Waals surface area contributed by atoms with Crippen molar-refractivity contribution in [2.24, 2.45) is 0 Å². The standard InChI is InChI=1S/C18H20N2OS/c1-10-7-5-6-8-14(10)9-19-18(21)15-13(4)22-17-11(2)12(3)20-16(15)17/h5-8,20H,9H2,1-4H3,(H,19,21). The summed E-state index contributed by atoms with van der Waals surface area (Å²) in [6.45, 7) is 8.77. The zero-order chi connectivity index (χ0) is 15.9. The Balaban J connectivity index is 1.88. The highest BCUT2D eigenvalue weighted by Gasteiger charge is 2.20. The number of rotatable bonds is 3. The Hall–Kier alpha value is -2.07. The van der Waals surface area contributed by atoms with Gasteiger partial charge in [-0.3, -0.25) is 4.79 Å². The maximum absolute atomic E-state index is 12.6. The average molecular weight is 312 g/mol. The number of benzene rings is 1. The molecule has 0 atom stereocenters. The average Bonchev–Trinajstić information content (AvgIpc) is 2.94. The Morgan fingerprint density at radius 1 is 1.18 bits per heavy atom. The maximum Gasteiger partial charge on any atom is 0.254 e. The van der Waals surface area contributed by atoms with Gasteiger partial charge in [-0.25, -0.2) is 0 Å². The normalized spacial score (nSPS) is 11.1. The van der Waals surface area contributed by atoms with Gasteiger partial charge in [0.1, 0.15) is 0 Å². The van der Waals surface area contributed by atoms with Gasteiger partial charge in [0.05, 0.1) is 15.8 Å². The van der Waals surface area contributed by atoms with E-state index in [4.69, 9.17) is 0 Å². The number of H-pyrrole nitrogens is 1. The Morgan fingerprint density at radius 3 is 2.64 bits per heavy atom. The Labute approximate surface area is 134 Å². The smallest absolute Gasteiger partial charge is 0.254 e. The van der Waals surface area contributed by atoms with Crippen molar-refractivity contribution in [1.82, 2.24) is 10.3 Å². The molecule has 0 saturated carbocycles. The first-order valence-electron chi connectivity index (χ1n) is 7.40. The van der Waals surface area contributed by atoms with Crippen LogP contribution in [0.25, 0.3) is 10.2 Å². The summed E-state index contributed by atoms with van der Waals surface area (Å²) >= 11 is 1.69. The van der Waals surface area contributed by atoms with E-state index in [0.29, 0.717) is 6.54 Å². The molecular weight excluding hydrogens is 292 g/mol. The second-order valence-corrected chi connectivity index (χ2v) is 6.95. The number of hydrogen-bond acceptors (Lipinski definition) is 2. The molecule has 0 aliphatic heterocycles. The molecule has 0 unspecified atom stereocenters. The van der Waals surface area contributed by atoms with Crippen LogP contribution in [0, 0.1) is 27.7 Å². The fourth-order valence-electron chi connectivity index (χ4n) is 2.73. The van der Waals surface area contributed by atoms with Crippen molar-refractivity contribution in [1.29, 1.82) is 0 Å². The molecule has 4 heteroatoms. The van der Waals surface area contributed by atoms with Gasteiger partial charge in [-0.05, 0) is 44.4 Å². The third-order valence-corrected chi connectivity index (χ3v) is 5.45. The summed E-state index contributed by atoms with van der Waals surface area (Å²) in [4.78, 5) is 17.0. The fourth-order valence-corrected chi connectivity index (χ4v) is 3.89. The van der Waals surface area contributed by atoms with Gasteiger partial charge >= 0.3 is 0 Å². The molecule has 2 aromatic heterocycles. The zero-order valence-electron chi connectivity index (χ0n) is 13.3.